The average molecular weight is 356 g/mol. The zero-order chi connectivity index (χ0) is 18.9. The molecule has 0 saturated carbocycles. The number of amides is 1. The molecule has 1 atom stereocenters. The third kappa shape index (κ3) is 5.49. The van der Waals surface area contributed by atoms with Crippen molar-refractivity contribution in [2.24, 2.45) is 0 Å². The van der Waals surface area contributed by atoms with E-state index in [9.17, 15) is 4.79 Å². The first-order valence-electron chi connectivity index (χ1n) is 8.74. The molecule has 0 bridgehead atoms. The minimum atomic E-state index is 0.0440. The fraction of sp³-hybridized carbons (Fsp3) is 0.381. The molecule has 0 saturated heterocycles. The Labute approximate surface area is 155 Å². The van der Waals surface area contributed by atoms with E-state index in [2.05, 4.69) is 22.3 Å². The number of hydrogen-bond donors (Lipinski definition) is 1. The van der Waals surface area contributed by atoms with Crippen LogP contribution in [0, 0.1) is 0 Å². The first-order chi connectivity index (χ1) is 12.5. The number of carbonyl (C=O) groups is 1. The van der Waals surface area contributed by atoms with E-state index in [-0.39, 0.29) is 11.9 Å². The summed E-state index contributed by atoms with van der Waals surface area (Å²) in [6.45, 7) is 0.585. The highest BCUT2D eigenvalue weighted by Gasteiger charge is 2.15. The SMILES string of the molecule is COc1ccc(CCC(=O)NCC(c2ccccc2)N(C)C)cc1OC. The van der Waals surface area contributed by atoms with E-state index in [1.165, 1.54) is 5.56 Å². The molecule has 5 heteroatoms. The molecule has 5 nitrogen and oxygen atoms in total. The molecule has 0 aromatic heterocycles. The fourth-order valence-corrected chi connectivity index (χ4v) is 2.87. The number of benzene rings is 2. The molecular weight excluding hydrogens is 328 g/mol. The monoisotopic (exact) mass is 356 g/mol. The summed E-state index contributed by atoms with van der Waals surface area (Å²) in [4.78, 5) is 14.4. The number of carbonyl (C=O) groups excluding carboxylic acids is 1. The van der Waals surface area contributed by atoms with E-state index in [0.29, 0.717) is 30.9 Å². The van der Waals surface area contributed by atoms with Gasteiger partial charge >= 0.3 is 0 Å². The Hall–Kier alpha value is -2.53. The predicted octanol–water partition coefficient (Wildman–Crippen LogP) is 3.06. The van der Waals surface area contributed by atoms with Crippen molar-refractivity contribution in [2.75, 3.05) is 34.9 Å². The van der Waals surface area contributed by atoms with E-state index in [1.807, 2.05) is 50.5 Å². The van der Waals surface area contributed by atoms with Gasteiger partial charge in [-0.2, -0.15) is 0 Å². The zero-order valence-electron chi connectivity index (χ0n) is 16.0. The van der Waals surface area contributed by atoms with Crippen molar-refractivity contribution in [3.05, 3.63) is 59.7 Å². The maximum atomic E-state index is 12.3. The molecule has 0 aliphatic heterocycles. The lowest BCUT2D eigenvalue weighted by atomic mass is 10.1. The second-order valence-corrected chi connectivity index (χ2v) is 6.38. The van der Waals surface area contributed by atoms with Gasteiger partial charge in [-0.15, -0.1) is 0 Å². The second kappa shape index (κ2) is 9.82. The topological polar surface area (TPSA) is 50.8 Å². The third-order valence-electron chi connectivity index (χ3n) is 4.39. The van der Waals surface area contributed by atoms with Gasteiger partial charge in [-0.05, 0) is 43.8 Å². The normalized spacial score (nSPS) is 11.9. The van der Waals surface area contributed by atoms with Gasteiger partial charge < -0.3 is 19.7 Å². The molecule has 0 heterocycles. The number of likely N-dealkylation sites (N-methyl/N-ethyl adjacent to an activating group) is 1. The molecule has 0 spiro atoms. The summed E-state index contributed by atoms with van der Waals surface area (Å²) in [5.74, 6) is 1.42. The molecule has 1 unspecified atom stereocenters. The van der Waals surface area contributed by atoms with Crippen LogP contribution >= 0.6 is 0 Å². The van der Waals surface area contributed by atoms with E-state index in [4.69, 9.17) is 9.47 Å². The van der Waals surface area contributed by atoms with Crippen molar-refractivity contribution in [1.29, 1.82) is 0 Å². The van der Waals surface area contributed by atoms with Gasteiger partial charge in [0.25, 0.3) is 0 Å². The van der Waals surface area contributed by atoms with Gasteiger partial charge in [-0.25, -0.2) is 0 Å². The van der Waals surface area contributed by atoms with Crippen molar-refractivity contribution in [3.8, 4) is 11.5 Å². The lowest BCUT2D eigenvalue weighted by molar-refractivity contribution is -0.121. The molecule has 0 aliphatic rings. The van der Waals surface area contributed by atoms with Crippen LogP contribution in [0.3, 0.4) is 0 Å². The Morgan fingerprint density at radius 2 is 1.73 bits per heavy atom. The molecule has 0 aliphatic carbocycles. The Balaban J connectivity index is 1.88. The largest absolute Gasteiger partial charge is 0.493 e. The minimum absolute atomic E-state index is 0.0440. The first-order valence-corrected chi connectivity index (χ1v) is 8.74. The smallest absolute Gasteiger partial charge is 0.220 e. The highest BCUT2D eigenvalue weighted by Crippen LogP contribution is 2.28. The summed E-state index contributed by atoms with van der Waals surface area (Å²) in [6, 6.07) is 16.1. The van der Waals surface area contributed by atoms with Crippen LogP contribution < -0.4 is 14.8 Å². The molecule has 1 N–H and O–H groups in total. The Morgan fingerprint density at radius 3 is 2.35 bits per heavy atom. The van der Waals surface area contributed by atoms with Crippen LogP contribution in [-0.4, -0.2) is 45.7 Å². The molecule has 0 fully saturated rings. The molecule has 2 aromatic carbocycles. The lowest BCUT2D eigenvalue weighted by Crippen LogP contribution is -2.34. The fourth-order valence-electron chi connectivity index (χ4n) is 2.87. The van der Waals surface area contributed by atoms with Crippen LogP contribution in [0.25, 0.3) is 0 Å². The van der Waals surface area contributed by atoms with Crippen LogP contribution in [0.4, 0.5) is 0 Å². The summed E-state index contributed by atoms with van der Waals surface area (Å²) in [5.41, 5.74) is 2.24. The molecule has 0 radical (unpaired) electrons. The maximum Gasteiger partial charge on any atom is 0.220 e. The van der Waals surface area contributed by atoms with Crippen LogP contribution in [0.1, 0.15) is 23.6 Å². The van der Waals surface area contributed by atoms with Crippen LogP contribution in [0.2, 0.25) is 0 Å². The lowest BCUT2D eigenvalue weighted by Gasteiger charge is -2.25. The second-order valence-electron chi connectivity index (χ2n) is 6.38. The van der Waals surface area contributed by atoms with Crippen LogP contribution in [0.5, 0.6) is 11.5 Å². The van der Waals surface area contributed by atoms with E-state index in [0.717, 1.165) is 5.56 Å². The highest BCUT2D eigenvalue weighted by molar-refractivity contribution is 5.76. The third-order valence-corrected chi connectivity index (χ3v) is 4.39. The van der Waals surface area contributed by atoms with Crippen LogP contribution in [0.15, 0.2) is 48.5 Å². The molecule has 2 aromatic rings. The highest BCUT2D eigenvalue weighted by atomic mass is 16.5. The summed E-state index contributed by atoms with van der Waals surface area (Å²) < 4.78 is 10.5. The molecule has 1 amide bonds. The molecule has 140 valence electrons. The number of nitrogens with one attached hydrogen (secondary N) is 1. The minimum Gasteiger partial charge on any atom is -0.493 e. The number of nitrogens with zero attached hydrogens (tertiary/aromatic N) is 1. The number of aryl methyl sites for hydroxylation is 1. The van der Waals surface area contributed by atoms with Crippen molar-refractivity contribution in [3.63, 3.8) is 0 Å². The Kier molecular flexibility index (Phi) is 7.48. The number of hydrogen-bond acceptors (Lipinski definition) is 4. The quantitative estimate of drug-likeness (QED) is 0.750. The predicted molar refractivity (Wildman–Crippen MR) is 104 cm³/mol. The Morgan fingerprint density at radius 1 is 1.04 bits per heavy atom. The molecule has 2 rings (SSSR count). The molecule has 26 heavy (non-hydrogen) atoms. The van der Waals surface area contributed by atoms with Gasteiger partial charge in [0, 0.05) is 13.0 Å². The van der Waals surface area contributed by atoms with Gasteiger partial charge in [0.2, 0.25) is 5.91 Å². The van der Waals surface area contributed by atoms with E-state index >= 15 is 0 Å². The van der Waals surface area contributed by atoms with Gasteiger partial charge in [0.15, 0.2) is 11.5 Å². The number of methoxy groups -OCH3 is 2. The van der Waals surface area contributed by atoms with E-state index in [1.54, 1.807) is 14.2 Å². The van der Waals surface area contributed by atoms with Gasteiger partial charge in [-0.3, -0.25) is 4.79 Å². The first kappa shape index (κ1) is 19.8. The van der Waals surface area contributed by atoms with Gasteiger partial charge in [-0.1, -0.05) is 36.4 Å². The summed E-state index contributed by atoms with van der Waals surface area (Å²) in [6.07, 6.45) is 1.09. The van der Waals surface area contributed by atoms with Gasteiger partial charge in [0.1, 0.15) is 0 Å². The van der Waals surface area contributed by atoms with Crippen molar-refractivity contribution in [2.45, 2.75) is 18.9 Å². The average Bonchev–Trinajstić information content (AvgIpc) is 2.66. The molecular formula is C21H28N2O3. The number of rotatable bonds is 9. The standard InChI is InChI=1S/C21H28N2O3/c1-23(2)18(17-8-6-5-7-9-17)15-22-21(24)13-11-16-10-12-19(25-3)20(14-16)26-4/h5-10,12,14,18H,11,13,15H2,1-4H3,(H,22,24). The van der Waals surface area contributed by atoms with Crippen molar-refractivity contribution in [1.82, 2.24) is 10.2 Å². The maximum absolute atomic E-state index is 12.3. The summed E-state index contributed by atoms with van der Waals surface area (Å²) >= 11 is 0. The zero-order valence-corrected chi connectivity index (χ0v) is 16.0. The van der Waals surface area contributed by atoms with Crippen molar-refractivity contribution < 1.29 is 14.3 Å². The van der Waals surface area contributed by atoms with Gasteiger partial charge in [0.05, 0.1) is 20.3 Å². The van der Waals surface area contributed by atoms with Crippen molar-refractivity contribution >= 4 is 5.91 Å². The number of ether oxygens (including phenoxy) is 2. The van der Waals surface area contributed by atoms with Crippen LogP contribution in [-0.2, 0) is 11.2 Å². The van der Waals surface area contributed by atoms with E-state index < -0.39 is 0 Å². The Bertz CT molecular complexity index is 702. The summed E-state index contributed by atoms with van der Waals surface area (Å²) in [5, 5.41) is 3.05. The summed E-state index contributed by atoms with van der Waals surface area (Å²) in [7, 11) is 7.26.